The molecule has 2 aromatic carbocycles. The molecule has 1 aliphatic heterocycles. The maximum Gasteiger partial charge on any atom is 0.344 e. The topological polar surface area (TPSA) is 93.7 Å². The normalized spacial score (nSPS) is 13.5. The first-order valence-electron chi connectivity index (χ1n) is 10.8. The van der Waals surface area contributed by atoms with Crippen molar-refractivity contribution in [2.75, 3.05) is 25.1 Å². The summed E-state index contributed by atoms with van der Waals surface area (Å²) in [6.07, 6.45) is 2.78. The van der Waals surface area contributed by atoms with Crippen molar-refractivity contribution in [1.82, 2.24) is 5.32 Å². The average Bonchev–Trinajstić information content (AvgIpc) is 2.79. The van der Waals surface area contributed by atoms with Crippen molar-refractivity contribution in [3.63, 3.8) is 0 Å². The first kappa shape index (κ1) is 24.9. The van der Waals surface area contributed by atoms with Crippen LogP contribution in [-0.2, 0) is 25.5 Å². The second-order valence-corrected chi connectivity index (χ2v) is 8.62. The van der Waals surface area contributed by atoms with Gasteiger partial charge in [0.25, 0.3) is 5.91 Å². The number of ether oxygens (including phenoxy) is 2. The number of fused-ring (bicyclic) bond motifs is 1. The van der Waals surface area contributed by atoms with Crippen molar-refractivity contribution in [2.45, 2.75) is 38.5 Å². The van der Waals surface area contributed by atoms with Crippen LogP contribution in [0, 0.1) is 0 Å². The highest BCUT2D eigenvalue weighted by Gasteiger charge is 2.18. The van der Waals surface area contributed by atoms with Crippen LogP contribution in [-0.4, -0.2) is 37.5 Å². The molecule has 0 bridgehead atoms. The smallest absolute Gasteiger partial charge is 0.344 e. The summed E-state index contributed by atoms with van der Waals surface area (Å²) in [5.41, 5.74) is 2.61. The Kier molecular flexibility index (Phi) is 8.97. The van der Waals surface area contributed by atoms with E-state index in [0.717, 1.165) is 29.7 Å². The lowest BCUT2D eigenvalue weighted by Crippen LogP contribution is -2.33. The lowest BCUT2D eigenvalue weighted by molar-refractivity contribution is -0.150. The third-order valence-electron chi connectivity index (χ3n) is 5.28. The third-order valence-corrected chi connectivity index (χ3v) is 5.84. The fourth-order valence-electron chi connectivity index (χ4n) is 3.62. The van der Waals surface area contributed by atoms with Crippen LogP contribution >= 0.6 is 23.2 Å². The Bertz CT molecular complexity index is 1030. The van der Waals surface area contributed by atoms with E-state index >= 15 is 0 Å². The predicted molar refractivity (Wildman–Crippen MR) is 127 cm³/mol. The van der Waals surface area contributed by atoms with E-state index in [-0.39, 0.29) is 18.4 Å². The number of rotatable bonds is 10. The molecule has 3 rings (SSSR count). The number of halogens is 2. The van der Waals surface area contributed by atoms with Gasteiger partial charge in [0.1, 0.15) is 5.75 Å². The van der Waals surface area contributed by atoms with Gasteiger partial charge in [0.05, 0.1) is 0 Å². The van der Waals surface area contributed by atoms with Crippen LogP contribution in [0.25, 0.3) is 0 Å². The highest BCUT2D eigenvalue weighted by molar-refractivity contribution is 6.35. The molecule has 1 heterocycles. The number of esters is 1. The summed E-state index contributed by atoms with van der Waals surface area (Å²) in [6, 6.07) is 10.5. The van der Waals surface area contributed by atoms with Gasteiger partial charge in [-0.1, -0.05) is 42.6 Å². The molecule has 33 heavy (non-hydrogen) atoms. The van der Waals surface area contributed by atoms with Gasteiger partial charge in [-0.2, -0.15) is 0 Å². The van der Waals surface area contributed by atoms with Crippen molar-refractivity contribution < 1.29 is 23.9 Å². The van der Waals surface area contributed by atoms with Gasteiger partial charge in [-0.3, -0.25) is 9.59 Å². The molecule has 1 atom stereocenters. The zero-order valence-corrected chi connectivity index (χ0v) is 19.8. The molecule has 9 heteroatoms. The molecule has 0 radical (unpaired) electrons. The molecule has 0 aliphatic carbocycles. The Hall–Kier alpha value is -2.77. The monoisotopic (exact) mass is 492 g/mol. The van der Waals surface area contributed by atoms with Gasteiger partial charge < -0.3 is 20.1 Å². The SMILES string of the molecule is CCCC(CNC(=O)COC(=O)COc1ccc2c(c1)CCC(=O)N2)c1ccc(Cl)cc1Cl. The number of benzene rings is 2. The summed E-state index contributed by atoms with van der Waals surface area (Å²) in [7, 11) is 0. The van der Waals surface area contributed by atoms with Crippen LogP contribution in [0.2, 0.25) is 10.0 Å². The molecular formula is C24H26Cl2N2O5. The minimum Gasteiger partial charge on any atom is -0.482 e. The van der Waals surface area contributed by atoms with Crippen LogP contribution in [0.4, 0.5) is 5.69 Å². The largest absolute Gasteiger partial charge is 0.482 e. The van der Waals surface area contributed by atoms with Crippen molar-refractivity contribution in [3.05, 3.63) is 57.6 Å². The molecule has 0 fully saturated rings. The van der Waals surface area contributed by atoms with E-state index in [1.165, 1.54) is 0 Å². The number of carbonyl (C=O) groups excluding carboxylic acids is 3. The van der Waals surface area contributed by atoms with Gasteiger partial charge >= 0.3 is 5.97 Å². The molecule has 1 aliphatic rings. The lowest BCUT2D eigenvalue weighted by atomic mass is 9.94. The number of aryl methyl sites for hydroxylation is 1. The Labute approximate surface area is 202 Å². The maximum absolute atomic E-state index is 12.2. The van der Waals surface area contributed by atoms with E-state index in [1.54, 1.807) is 30.3 Å². The number of nitrogens with one attached hydrogen (secondary N) is 2. The standard InChI is InChI=1S/C24H26Cl2N2O5/c1-2-3-16(19-7-5-17(25)11-20(19)26)12-27-23(30)13-33-24(31)14-32-18-6-8-21-15(10-18)4-9-22(29)28-21/h5-8,10-11,16H,2-4,9,12-14H2,1H3,(H,27,30)(H,28,29). The van der Waals surface area contributed by atoms with E-state index in [1.807, 2.05) is 6.07 Å². The van der Waals surface area contributed by atoms with Gasteiger partial charge in [-0.05, 0) is 54.3 Å². The van der Waals surface area contributed by atoms with Crippen LogP contribution in [0.3, 0.4) is 0 Å². The van der Waals surface area contributed by atoms with E-state index in [0.29, 0.717) is 35.2 Å². The highest BCUT2D eigenvalue weighted by Crippen LogP contribution is 2.30. The first-order chi connectivity index (χ1) is 15.9. The average molecular weight is 493 g/mol. The quantitative estimate of drug-likeness (QED) is 0.476. The van der Waals surface area contributed by atoms with Crippen LogP contribution in [0.15, 0.2) is 36.4 Å². The van der Waals surface area contributed by atoms with Gasteiger partial charge in [0, 0.05) is 34.6 Å². The molecule has 2 amide bonds. The van der Waals surface area contributed by atoms with Crippen LogP contribution < -0.4 is 15.4 Å². The fraction of sp³-hybridized carbons (Fsp3) is 0.375. The lowest BCUT2D eigenvalue weighted by Gasteiger charge is -2.19. The molecule has 176 valence electrons. The molecule has 0 saturated carbocycles. The van der Waals surface area contributed by atoms with Gasteiger partial charge in [0.2, 0.25) is 5.91 Å². The summed E-state index contributed by atoms with van der Waals surface area (Å²) >= 11 is 12.3. The molecule has 0 saturated heterocycles. The Morgan fingerprint density at radius 1 is 1.12 bits per heavy atom. The Morgan fingerprint density at radius 2 is 1.94 bits per heavy atom. The summed E-state index contributed by atoms with van der Waals surface area (Å²) in [4.78, 5) is 35.6. The summed E-state index contributed by atoms with van der Waals surface area (Å²) in [6.45, 7) is 1.70. The molecule has 0 spiro atoms. The van der Waals surface area contributed by atoms with Gasteiger partial charge in [-0.25, -0.2) is 4.79 Å². The second-order valence-electron chi connectivity index (χ2n) is 7.77. The molecule has 0 aromatic heterocycles. The number of carbonyl (C=O) groups is 3. The minimum atomic E-state index is -0.651. The first-order valence-corrected chi connectivity index (χ1v) is 11.5. The molecule has 2 N–H and O–H groups in total. The van der Waals surface area contributed by atoms with Crippen molar-refractivity contribution in [3.8, 4) is 5.75 Å². The third kappa shape index (κ3) is 7.37. The van der Waals surface area contributed by atoms with Crippen molar-refractivity contribution in [2.24, 2.45) is 0 Å². The fourth-order valence-corrected chi connectivity index (χ4v) is 4.18. The van der Waals surface area contributed by atoms with Gasteiger partial charge in [0.15, 0.2) is 13.2 Å². The summed E-state index contributed by atoms with van der Waals surface area (Å²) < 4.78 is 10.5. The molecule has 7 nitrogen and oxygen atoms in total. The van der Waals surface area contributed by atoms with E-state index in [4.69, 9.17) is 32.7 Å². The number of hydrogen-bond donors (Lipinski definition) is 2. The zero-order chi connectivity index (χ0) is 23.8. The second kappa shape index (κ2) is 11.9. The van der Waals surface area contributed by atoms with Crippen molar-refractivity contribution in [1.29, 1.82) is 0 Å². The Morgan fingerprint density at radius 3 is 2.70 bits per heavy atom. The highest BCUT2D eigenvalue weighted by atomic mass is 35.5. The van der Waals surface area contributed by atoms with E-state index in [2.05, 4.69) is 17.6 Å². The summed E-state index contributed by atoms with van der Waals surface area (Å²) in [5.74, 6) is -0.554. The molecular weight excluding hydrogens is 467 g/mol. The van der Waals surface area contributed by atoms with E-state index in [9.17, 15) is 14.4 Å². The van der Waals surface area contributed by atoms with Crippen molar-refractivity contribution >= 4 is 46.7 Å². The number of anilines is 1. The zero-order valence-electron chi connectivity index (χ0n) is 18.3. The number of amides is 2. The molecule has 1 unspecified atom stereocenters. The maximum atomic E-state index is 12.2. The van der Waals surface area contributed by atoms with E-state index < -0.39 is 18.5 Å². The van der Waals surface area contributed by atoms with Crippen LogP contribution in [0.5, 0.6) is 5.75 Å². The molecule has 2 aromatic rings. The van der Waals surface area contributed by atoms with Crippen LogP contribution in [0.1, 0.15) is 43.2 Å². The Balaban J connectivity index is 1.42. The number of hydrogen-bond acceptors (Lipinski definition) is 5. The minimum absolute atomic E-state index is 0.0182. The van der Waals surface area contributed by atoms with Gasteiger partial charge in [-0.15, -0.1) is 0 Å². The summed E-state index contributed by atoms with van der Waals surface area (Å²) in [5, 5.41) is 6.69. The predicted octanol–water partition coefficient (Wildman–Crippen LogP) is 4.50.